The largest absolute Gasteiger partial charge is 0.497 e. The van der Waals surface area contributed by atoms with Gasteiger partial charge in [0.2, 0.25) is 10.0 Å². The van der Waals surface area contributed by atoms with E-state index in [9.17, 15) is 13.2 Å². The minimum Gasteiger partial charge on any atom is -0.497 e. The zero-order valence-corrected chi connectivity index (χ0v) is 15.0. The molecule has 2 rings (SSSR count). The third-order valence-electron chi connectivity index (χ3n) is 3.28. The molecule has 8 heteroatoms. The van der Waals surface area contributed by atoms with Gasteiger partial charge in [0.1, 0.15) is 10.6 Å². The molecule has 0 bridgehead atoms. The van der Waals surface area contributed by atoms with Crippen molar-refractivity contribution >= 4 is 33.2 Å². The fourth-order valence-electron chi connectivity index (χ4n) is 1.94. The van der Waals surface area contributed by atoms with Crippen LogP contribution in [0.1, 0.15) is 10.4 Å². The highest BCUT2D eigenvalue weighted by molar-refractivity contribution is 7.89. The summed E-state index contributed by atoms with van der Waals surface area (Å²) in [6.45, 7) is 0. The highest BCUT2D eigenvalue weighted by Gasteiger charge is 2.22. The van der Waals surface area contributed by atoms with Gasteiger partial charge in [-0.2, -0.15) is 0 Å². The molecule has 2 aromatic carbocycles. The Morgan fingerprint density at radius 1 is 1.17 bits per heavy atom. The zero-order chi connectivity index (χ0) is 17.9. The first-order valence-electron chi connectivity index (χ1n) is 6.93. The molecule has 0 aliphatic rings. The summed E-state index contributed by atoms with van der Waals surface area (Å²) in [5.74, 6) is 0.148. The van der Waals surface area contributed by atoms with Crippen molar-refractivity contribution in [3.05, 3.63) is 53.1 Å². The molecule has 0 aliphatic carbocycles. The fourth-order valence-corrected chi connectivity index (χ4v) is 3.34. The number of sulfonamides is 1. The molecule has 1 amide bonds. The van der Waals surface area contributed by atoms with Crippen molar-refractivity contribution in [1.82, 2.24) is 4.31 Å². The van der Waals surface area contributed by atoms with E-state index in [2.05, 4.69) is 5.32 Å². The maximum absolute atomic E-state index is 12.4. The lowest BCUT2D eigenvalue weighted by Crippen LogP contribution is -2.23. The van der Waals surface area contributed by atoms with Crippen LogP contribution in [-0.4, -0.2) is 39.8 Å². The molecule has 0 atom stereocenters. The Labute approximate surface area is 146 Å². The lowest BCUT2D eigenvalue weighted by atomic mass is 10.2. The van der Waals surface area contributed by atoms with Crippen LogP contribution in [0.2, 0.25) is 5.02 Å². The van der Waals surface area contributed by atoms with Gasteiger partial charge in [0.25, 0.3) is 5.91 Å². The van der Waals surface area contributed by atoms with E-state index in [4.69, 9.17) is 16.3 Å². The lowest BCUT2D eigenvalue weighted by molar-refractivity contribution is 0.102. The van der Waals surface area contributed by atoms with Gasteiger partial charge in [-0.15, -0.1) is 0 Å². The van der Waals surface area contributed by atoms with Crippen molar-refractivity contribution in [2.75, 3.05) is 26.5 Å². The minimum absolute atomic E-state index is 0.0571. The van der Waals surface area contributed by atoms with E-state index < -0.39 is 15.9 Å². The summed E-state index contributed by atoms with van der Waals surface area (Å²) in [4.78, 5) is 12.3. The first-order chi connectivity index (χ1) is 11.3. The Kier molecular flexibility index (Phi) is 5.48. The topological polar surface area (TPSA) is 75.7 Å². The maximum Gasteiger partial charge on any atom is 0.255 e. The number of ether oxygens (including phenoxy) is 1. The van der Waals surface area contributed by atoms with Gasteiger partial charge in [-0.1, -0.05) is 17.7 Å². The molecular weight excluding hydrogens is 352 g/mol. The van der Waals surface area contributed by atoms with Crippen LogP contribution in [0.25, 0.3) is 0 Å². The first-order valence-corrected chi connectivity index (χ1v) is 8.75. The number of nitrogens with zero attached hydrogens (tertiary/aromatic N) is 1. The number of anilines is 1. The third kappa shape index (κ3) is 3.87. The van der Waals surface area contributed by atoms with E-state index in [1.54, 1.807) is 24.3 Å². The number of hydrogen-bond donors (Lipinski definition) is 1. The van der Waals surface area contributed by atoms with Crippen LogP contribution >= 0.6 is 11.6 Å². The molecule has 6 nitrogen and oxygen atoms in total. The molecule has 1 N–H and O–H groups in total. The van der Waals surface area contributed by atoms with Gasteiger partial charge < -0.3 is 10.1 Å². The predicted octanol–water partition coefficient (Wildman–Crippen LogP) is 2.85. The molecule has 0 spiro atoms. The SMILES string of the molecule is COc1cccc(NC(=O)c2ccc(Cl)c(S(=O)(=O)N(C)C)c2)c1. The normalized spacial score (nSPS) is 11.4. The summed E-state index contributed by atoms with van der Waals surface area (Å²) in [6, 6.07) is 11.0. The molecule has 128 valence electrons. The number of halogens is 1. The lowest BCUT2D eigenvalue weighted by Gasteiger charge is -2.14. The van der Waals surface area contributed by atoms with Crippen molar-refractivity contribution in [2.24, 2.45) is 0 Å². The first kappa shape index (κ1) is 18.3. The number of nitrogens with one attached hydrogen (secondary N) is 1. The van der Waals surface area contributed by atoms with Crippen molar-refractivity contribution in [2.45, 2.75) is 4.90 Å². The van der Waals surface area contributed by atoms with E-state index in [0.717, 1.165) is 4.31 Å². The number of hydrogen-bond acceptors (Lipinski definition) is 4. The van der Waals surface area contributed by atoms with Crippen LogP contribution in [0.4, 0.5) is 5.69 Å². The van der Waals surface area contributed by atoms with Crippen molar-refractivity contribution in [1.29, 1.82) is 0 Å². The van der Waals surface area contributed by atoms with Crippen LogP contribution in [0, 0.1) is 0 Å². The predicted molar refractivity (Wildman–Crippen MR) is 93.3 cm³/mol. The summed E-state index contributed by atoms with van der Waals surface area (Å²) in [6.07, 6.45) is 0. The van der Waals surface area contributed by atoms with Crippen LogP contribution < -0.4 is 10.1 Å². The van der Waals surface area contributed by atoms with Gasteiger partial charge >= 0.3 is 0 Å². The van der Waals surface area contributed by atoms with E-state index >= 15 is 0 Å². The van der Waals surface area contributed by atoms with E-state index in [1.807, 2.05) is 0 Å². The number of rotatable bonds is 5. The second-order valence-electron chi connectivity index (χ2n) is 5.12. The quantitative estimate of drug-likeness (QED) is 0.880. The zero-order valence-electron chi connectivity index (χ0n) is 13.4. The monoisotopic (exact) mass is 368 g/mol. The summed E-state index contributed by atoms with van der Waals surface area (Å²) >= 11 is 5.98. The molecule has 0 heterocycles. The van der Waals surface area contributed by atoms with E-state index in [1.165, 1.54) is 39.4 Å². The number of carbonyl (C=O) groups excluding carboxylic acids is 1. The number of amides is 1. The molecule has 0 fully saturated rings. The molecule has 0 saturated heterocycles. The van der Waals surface area contributed by atoms with Gasteiger partial charge in [-0.3, -0.25) is 4.79 Å². The summed E-state index contributed by atoms with van der Waals surface area (Å²) in [7, 11) is 0.576. The van der Waals surface area contributed by atoms with Crippen LogP contribution in [0.5, 0.6) is 5.75 Å². The van der Waals surface area contributed by atoms with Crippen molar-refractivity contribution in [3.63, 3.8) is 0 Å². The highest BCUT2D eigenvalue weighted by atomic mass is 35.5. The molecule has 2 aromatic rings. The Morgan fingerprint density at radius 2 is 1.88 bits per heavy atom. The molecule has 24 heavy (non-hydrogen) atoms. The van der Waals surface area contributed by atoms with Crippen LogP contribution in [0.15, 0.2) is 47.4 Å². The average Bonchev–Trinajstić information content (AvgIpc) is 2.55. The van der Waals surface area contributed by atoms with E-state index in [0.29, 0.717) is 11.4 Å². The van der Waals surface area contributed by atoms with Crippen molar-refractivity contribution in [3.8, 4) is 5.75 Å². The van der Waals surface area contributed by atoms with Crippen molar-refractivity contribution < 1.29 is 17.9 Å². The molecular formula is C16H17ClN2O4S. The molecule has 0 aromatic heterocycles. The Bertz CT molecular complexity index is 866. The van der Waals surface area contributed by atoms with Gasteiger partial charge in [0.15, 0.2) is 0 Å². The second kappa shape index (κ2) is 7.21. The number of methoxy groups -OCH3 is 1. The highest BCUT2D eigenvalue weighted by Crippen LogP contribution is 2.25. The third-order valence-corrected chi connectivity index (χ3v) is 5.58. The van der Waals surface area contributed by atoms with E-state index in [-0.39, 0.29) is 15.5 Å². The second-order valence-corrected chi connectivity index (χ2v) is 7.65. The molecule has 0 radical (unpaired) electrons. The van der Waals surface area contributed by atoms with Gasteiger partial charge in [0.05, 0.1) is 12.1 Å². The van der Waals surface area contributed by atoms with Gasteiger partial charge in [0, 0.05) is 31.4 Å². The van der Waals surface area contributed by atoms with Gasteiger partial charge in [-0.25, -0.2) is 12.7 Å². The molecule has 0 aliphatic heterocycles. The fraction of sp³-hybridized carbons (Fsp3) is 0.188. The Morgan fingerprint density at radius 3 is 2.50 bits per heavy atom. The summed E-state index contributed by atoms with van der Waals surface area (Å²) < 4.78 is 30.7. The Balaban J connectivity index is 2.34. The molecule has 0 saturated carbocycles. The smallest absolute Gasteiger partial charge is 0.255 e. The standard InChI is InChI=1S/C16H17ClN2O4S/c1-19(2)24(21,22)15-9-11(7-8-14(15)17)16(20)18-12-5-4-6-13(10-12)23-3/h4-10H,1-3H3,(H,18,20). The van der Waals surface area contributed by atoms with Crippen LogP contribution in [0.3, 0.4) is 0 Å². The summed E-state index contributed by atoms with van der Waals surface area (Å²) in [5.41, 5.74) is 0.717. The van der Waals surface area contributed by atoms with Gasteiger partial charge in [-0.05, 0) is 30.3 Å². The maximum atomic E-state index is 12.4. The summed E-state index contributed by atoms with van der Waals surface area (Å²) in [5, 5.41) is 2.75. The Hall–Kier alpha value is -2.09. The minimum atomic E-state index is -3.75. The number of benzene rings is 2. The molecule has 0 unspecified atom stereocenters. The number of carbonyl (C=O) groups is 1. The van der Waals surface area contributed by atoms with Crippen LogP contribution in [-0.2, 0) is 10.0 Å². The average molecular weight is 369 g/mol.